The predicted molar refractivity (Wildman–Crippen MR) is 112 cm³/mol. The van der Waals surface area contributed by atoms with Gasteiger partial charge in [-0.05, 0) is 48.1 Å². The summed E-state index contributed by atoms with van der Waals surface area (Å²) in [4.78, 5) is 14.1. The number of carbonyl (C=O) groups is 1. The number of amides is 1. The van der Waals surface area contributed by atoms with Gasteiger partial charge in [-0.2, -0.15) is 5.26 Å². The number of fused-ring (bicyclic) bond motifs is 1. The van der Waals surface area contributed by atoms with Crippen LogP contribution in [-0.2, 0) is 10.2 Å². The maximum atomic E-state index is 11.7. The van der Waals surface area contributed by atoms with Gasteiger partial charge in [0, 0.05) is 20.7 Å². The summed E-state index contributed by atoms with van der Waals surface area (Å²) in [6.07, 6.45) is 7.24. The van der Waals surface area contributed by atoms with Crippen molar-refractivity contribution in [1.82, 2.24) is 0 Å². The first-order valence-electron chi connectivity index (χ1n) is 8.21. The van der Waals surface area contributed by atoms with Gasteiger partial charge in [-0.1, -0.05) is 19.9 Å². The van der Waals surface area contributed by atoms with E-state index in [9.17, 15) is 10.1 Å². The highest BCUT2D eigenvalue weighted by Gasteiger charge is 2.33. The largest absolute Gasteiger partial charge is 0.316 e. The van der Waals surface area contributed by atoms with E-state index in [1.165, 1.54) is 27.4 Å². The second-order valence-electron chi connectivity index (χ2n) is 6.92. The average Bonchev–Trinajstić information content (AvgIpc) is 3.15. The zero-order valence-corrected chi connectivity index (χ0v) is 17.2. The van der Waals surface area contributed by atoms with Crippen molar-refractivity contribution < 1.29 is 4.79 Å². The third-order valence-corrected chi connectivity index (χ3v) is 7.09. The number of halogens is 1. The molecule has 134 valence electrons. The molecule has 3 rings (SSSR count). The molecule has 6 heteroatoms. The summed E-state index contributed by atoms with van der Waals surface area (Å²) < 4.78 is 0. The Bertz CT molecular complexity index is 957. The number of nitriles is 1. The Kier molecular flexibility index (Phi) is 5.38. The fourth-order valence-corrected chi connectivity index (χ4v) is 5.25. The van der Waals surface area contributed by atoms with E-state index in [0.29, 0.717) is 10.6 Å². The lowest BCUT2D eigenvalue weighted by molar-refractivity contribution is -0.113. The van der Waals surface area contributed by atoms with E-state index in [2.05, 4.69) is 61.8 Å². The van der Waals surface area contributed by atoms with Gasteiger partial charge in [-0.15, -0.1) is 34.3 Å². The smallest absolute Gasteiger partial charge is 0.239 e. The summed E-state index contributed by atoms with van der Waals surface area (Å²) in [7, 11) is 0. The van der Waals surface area contributed by atoms with Gasteiger partial charge >= 0.3 is 0 Å². The molecular formula is C20H19ClN2OS2. The number of thiophene rings is 2. The van der Waals surface area contributed by atoms with Gasteiger partial charge in [0.2, 0.25) is 5.91 Å². The lowest BCUT2D eigenvalue weighted by atomic mass is 9.77. The van der Waals surface area contributed by atoms with E-state index in [1.54, 1.807) is 11.3 Å². The van der Waals surface area contributed by atoms with E-state index in [4.69, 9.17) is 11.6 Å². The summed E-state index contributed by atoms with van der Waals surface area (Å²) in [5.74, 6) is -0.419. The second-order valence-corrected chi connectivity index (χ2v) is 9.16. The molecule has 0 aromatic carbocycles. The van der Waals surface area contributed by atoms with Crippen molar-refractivity contribution in [3.8, 4) is 6.07 Å². The van der Waals surface area contributed by atoms with Crippen molar-refractivity contribution in [3.63, 3.8) is 0 Å². The van der Waals surface area contributed by atoms with Crippen LogP contribution in [0.15, 0.2) is 23.1 Å². The number of rotatable bonds is 4. The molecule has 2 aromatic heterocycles. The third kappa shape index (κ3) is 3.64. The molecule has 2 heterocycles. The Balaban J connectivity index is 2.02. The second kappa shape index (κ2) is 7.40. The lowest BCUT2D eigenvalue weighted by Gasteiger charge is -2.29. The first kappa shape index (κ1) is 18.9. The minimum atomic E-state index is -0.295. The van der Waals surface area contributed by atoms with Crippen molar-refractivity contribution in [1.29, 1.82) is 5.26 Å². The van der Waals surface area contributed by atoms with Crippen LogP contribution in [0.2, 0.25) is 0 Å². The first-order chi connectivity index (χ1) is 12.4. The maximum absolute atomic E-state index is 11.7. The van der Waals surface area contributed by atoms with E-state index < -0.39 is 0 Å². The highest BCUT2D eigenvalue weighted by Crippen LogP contribution is 2.47. The zero-order valence-electron chi connectivity index (χ0n) is 14.9. The number of carbonyl (C=O) groups excluding carboxylic acids is 1. The van der Waals surface area contributed by atoms with Crippen LogP contribution in [0.3, 0.4) is 0 Å². The van der Waals surface area contributed by atoms with Crippen LogP contribution in [0.25, 0.3) is 12.2 Å². The van der Waals surface area contributed by atoms with Gasteiger partial charge in [0.25, 0.3) is 0 Å². The molecule has 0 bridgehead atoms. The summed E-state index contributed by atoms with van der Waals surface area (Å²) in [6.45, 7) is 6.45. The molecule has 0 fully saturated rings. The van der Waals surface area contributed by atoms with E-state index in [-0.39, 0.29) is 17.2 Å². The molecule has 3 nitrogen and oxygen atoms in total. The lowest BCUT2D eigenvalue weighted by Crippen LogP contribution is -2.20. The predicted octanol–water partition coefficient (Wildman–Crippen LogP) is 5.95. The SMILES string of the molecule is Cc1ccsc1/C=C/C1=Cc2c(sc(NC(=O)CCl)c2C#N)C(C)(C)C1. The first-order valence-corrected chi connectivity index (χ1v) is 10.4. The molecule has 0 spiro atoms. The summed E-state index contributed by atoms with van der Waals surface area (Å²) >= 11 is 8.79. The van der Waals surface area contributed by atoms with Crippen molar-refractivity contribution in [3.05, 3.63) is 49.5 Å². The Morgan fingerprint density at radius 1 is 1.46 bits per heavy atom. The molecular weight excluding hydrogens is 384 g/mol. The highest BCUT2D eigenvalue weighted by atomic mass is 35.5. The zero-order chi connectivity index (χ0) is 18.9. The Morgan fingerprint density at radius 3 is 2.85 bits per heavy atom. The van der Waals surface area contributed by atoms with Crippen molar-refractivity contribution in [2.45, 2.75) is 32.6 Å². The molecule has 1 aliphatic rings. The van der Waals surface area contributed by atoms with Crippen LogP contribution in [0.4, 0.5) is 5.00 Å². The minimum absolute atomic E-state index is 0.103. The molecule has 0 aliphatic heterocycles. The topological polar surface area (TPSA) is 52.9 Å². The number of anilines is 1. The van der Waals surface area contributed by atoms with Crippen LogP contribution >= 0.6 is 34.3 Å². The quantitative estimate of drug-likeness (QED) is 0.643. The molecule has 0 unspecified atom stereocenters. The number of hydrogen-bond donors (Lipinski definition) is 1. The van der Waals surface area contributed by atoms with Crippen LogP contribution in [-0.4, -0.2) is 11.8 Å². The fraction of sp³-hybridized carbons (Fsp3) is 0.300. The van der Waals surface area contributed by atoms with Gasteiger partial charge in [-0.25, -0.2) is 0 Å². The highest BCUT2D eigenvalue weighted by molar-refractivity contribution is 7.17. The standard InChI is InChI=1S/C20H19ClN2OS2/c1-12-6-7-25-16(12)5-4-13-8-14-15(11-22)19(23-17(24)10-21)26-18(14)20(2,3)9-13/h4-8H,9-10H2,1-3H3,(H,23,24)/b5-4+. The summed E-state index contributed by atoms with van der Waals surface area (Å²) in [5.41, 5.74) is 3.78. The fourth-order valence-electron chi connectivity index (χ4n) is 3.12. The molecule has 0 radical (unpaired) electrons. The summed E-state index contributed by atoms with van der Waals surface area (Å²) in [5, 5.41) is 15.1. The number of hydrogen-bond acceptors (Lipinski definition) is 4. The summed E-state index contributed by atoms with van der Waals surface area (Å²) in [6, 6.07) is 4.37. The van der Waals surface area contributed by atoms with E-state index in [1.807, 2.05) is 0 Å². The van der Waals surface area contributed by atoms with Crippen molar-refractivity contribution >= 4 is 57.3 Å². The molecule has 26 heavy (non-hydrogen) atoms. The van der Waals surface area contributed by atoms with Gasteiger partial charge in [0.1, 0.15) is 17.0 Å². The Labute approximate surface area is 166 Å². The van der Waals surface area contributed by atoms with E-state index >= 15 is 0 Å². The maximum Gasteiger partial charge on any atom is 0.239 e. The van der Waals surface area contributed by atoms with Crippen LogP contribution in [0.5, 0.6) is 0 Å². The molecule has 0 atom stereocenters. The molecule has 0 saturated heterocycles. The van der Waals surface area contributed by atoms with Gasteiger partial charge in [0.05, 0.1) is 5.56 Å². The average molecular weight is 403 g/mol. The minimum Gasteiger partial charge on any atom is -0.316 e. The molecule has 2 aromatic rings. The number of alkyl halides is 1. The van der Waals surface area contributed by atoms with Crippen LogP contribution in [0, 0.1) is 18.3 Å². The number of nitrogens with zero attached hydrogens (tertiary/aromatic N) is 1. The Hall–Kier alpha value is -1.87. The molecule has 1 N–H and O–H groups in total. The number of aryl methyl sites for hydroxylation is 1. The molecule has 1 amide bonds. The Morgan fingerprint density at radius 2 is 2.23 bits per heavy atom. The monoisotopic (exact) mass is 402 g/mol. The van der Waals surface area contributed by atoms with Gasteiger partial charge < -0.3 is 5.32 Å². The molecule has 0 saturated carbocycles. The van der Waals surface area contributed by atoms with Gasteiger partial charge in [-0.3, -0.25) is 4.79 Å². The van der Waals surface area contributed by atoms with Crippen LogP contribution < -0.4 is 5.32 Å². The van der Waals surface area contributed by atoms with Crippen molar-refractivity contribution in [2.24, 2.45) is 0 Å². The van der Waals surface area contributed by atoms with Gasteiger partial charge in [0.15, 0.2) is 0 Å². The number of allylic oxidation sites excluding steroid dienone is 2. The normalized spacial score (nSPS) is 15.4. The third-order valence-electron chi connectivity index (χ3n) is 4.37. The van der Waals surface area contributed by atoms with Crippen molar-refractivity contribution in [2.75, 3.05) is 11.2 Å². The van der Waals surface area contributed by atoms with Crippen LogP contribution in [0.1, 0.15) is 46.7 Å². The number of nitrogens with one attached hydrogen (secondary N) is 1. The van der Waals surface area contributed by atoms with E-state index in [0.717, 1.165) is 16.9 Å². The molecule has 1 aliphatic carbocycles.